The Hall–Kier alpha value is -3.61. The van der Waals surface area contributed by atoms with Crippen LogP contribution in [0.4, 0.5) is 14.7 Å². The maximum absolute atomic E-state index is 14.0. The van der Waals surface area contributed by atoms with Gasteiger partial charge in [0.25, 0.3) is 5.91 Å². The Morgan fingerprint density at radius 2 is 1.58 bits per heavy atom. The van der Waals surface area contributed by atoms with Crippen LogP contribution in [0.3, 0.4) is 0 Å². The van der Waals surface area contributed by atoms with Crippen LogP contribution in [-0.4, -0.2) is 43.0 Å². The topological polar surface area (TPSA) is 130 Å². The highest BCUT2D eigenvalue weighted by atomic mass is 32.1. The van der Waals surface area contributed by atoms with Crippen molar-refractivity contribution in [2.75, 3.05) is 10.6 Å². The molecule has 2 aliphatic rings. The van der Waals surface area contributed by atoms with Crippen LogP contribution in [0.1, 0.15) is 96.0 Å². The molecule has 2 aliphatic carbocycles. The second kappa shape index (κ2) is 12.6. The maximum Gasteiger partial charge on any atom is 0.259 e. The number of nitrogens with one attached hydrogen (secondary N) is 2. The van der Waals surface area contributed by atoms with Crippen molar-refractivity contribution in [1.82, 2.24) is 20.4 Å². The van der Waals surface area contributed by atoms with Crippen LogP contribution in [-0.2, 0) is 16.0 Å². The van der Waals surface area contributed by atoms with Crippen LogP contribution in [0.2, 0.25) is 0 Å². The highest BCUT2D eigenvalue weighted by molar-refractivity contribution is 7.15. The molecule has 12 heteroatoms. The van der Waals surface area contributed by atoms with Gasteiger partial charge in [0.2, 0.25) is 16.2 Å². The molecule has 6 rings (SSSR count). The number of alkyl halides is 1. The van der Waals surface area contributed by atoms with Crippen LogP contribution >= 0.6 is 22.7 Å². The zero-order chi connectivity index (χ0) is 30.0. The summed E-state index contributed by atoms with van der Waals surface area (Å²) in [6, 6.07) is 16.6. The first-order chi connectivity index (χ1) is 20.7. The fourth-order valence-corrected chi connectivity index (χ4v) is 7.81. The number of rotatable bonds is 9. The Labute approximate surface area is 257 Å². The van der Waals surface area contributed by atoms with E-state index in [-0.39, 0.29) is 30.1 Å². The molecule has 3 N–H and O–H groups in total. The normalized spacial score (nSPS) is 24.1. The summed E-state index contributed by atoms with van der Waals surface area (Å²) in [6.45, 7) is 1.64. The number of amides is 2. The van der Waals surface area contributed by atoms with Crippen molar-refractivity contribution in [2.24, 2.45) is 0 Å². The van der Waals surface area contributed by atoms with Gasteiger partial charge in [0.05, 0.1) is 6.42 Å². The lowest BCUT2D eigenvalue weighted by Crippen LogP contribution is -2.35. The summed E-state index contributed by atoms with van der Waals surface area (Å²) in [5.74, 6) is -0.147. The van der Waals surface area contributed by atoms with Crippen LogP contribution in [0.15, 0.2) is 54.6 Å². The number of aliphatic hydroxyl groups is 1. The van der Waals surface area contributed by atoms with Crippen molar-refractivity contribution in [1.29, 1.82) is 0 Å². The molecule has 2 amide bonds. The van der Waals surface area contributed by atoms with Gasteiger partial charge in [-0.2, -0.15) is 0 Å². The smallest absolute Gasteiger partial charge is 0.259 e. The quantitative estimate of drug-likeness (QED) is 0.201. The van der Waals surface area contributed by atoms with Crippen molar-refractivity contribution in [3.05, 3.63) is 81.3 Å². The lowest BCUT2D eigenvalue weighted by molar-refractivity contribution is -0.124. The Morgan fingerprint density at radius 3 is 2.23 bits per heavy atom. The number of nitrogens with zero attached hydrogens (tertiary/aromatic N) is 4. The minimum Gasteiger partial charge on any atom is -0.378 e. The molecule has 9 nitrogen and oxygen atoms in total. The van der Waals surface area contributed by atoms with Crippen molar-refractivity contribution in [3.63, 3.8) is 0 Å². The van der Waals surface area contributed by atoms with Crippen molar-refractivity contribution >= 4 is 44.8 Å². The van der Waals surface area contributed by atoms with Gasteiger partial charge in [0.15, 0.2) is 6.10 Å². The molecule has 0 radical (unpaired) electrons. The Morgan fingerprint density at radius 1 is 0.930 bits per heavy atom. The maximum atomic E-state index is 14.0. The van der Waals surface area contributed by atoms with Crippen molar-refractivity contribution in [3.8, 4) is 0 Å². The number of carbonyl (C=O) groups excluding carboxylic acids is 2. The largest absolute Gasteiger partial charge is 0.378 e. The van der Waals surface area contributed by atoms with E-state index in [0.29, 0.717) is 28.7 Å². The molecule has 0 saturated heterocycles. The lowest BCUT2D eigenvalue weighted by Gasteiger charge is -2.39. The van der Waals surface area contributed by atoms with Gasteiger partial charge in [-0.15, -0.1) is 20.4 Å². The number of aliphatic hydroxyl groups excluding tert-OH is 1. The fourth-order valence-electron chi connectivity index (χ4n) is 6.01. The molecule has 2 fully saturated rings. The predicted molar refractivity (Wildman–Crippen MR) is 164 cm³/mol. The minimum atomic E-state index is -1.29. The van der Waals surface area contributed by atoms with Gasteiger partial charge in [-0.05, 0) is 61.6 Å². The SMILES string of the molecule is CC1(F)CC(c2cccc(CC(=O)Nc3nnc([C@H]4CCC[C@H](c5nnc(NC(=O)[C@H](O)c6ccccc6)s5)C4)s3)c2)C1. The third-order valence-corrected chi connectivity index (χ3v) is 10.2. The fraction of sp³-hybridized carbons (Fsp3) is 0.419. The Balaban J connectivity index is 1.02. The molecule has 0 bridgehead atoms. The number of carbonyl (C=O) groups is 2. The number of hydrogen-bond acceptors (Lipinski definition) is 9. The third-order valence-electron chi connectivity index (χ3n) is 8.23. The van der Waals surface area contributed by atoms with Gasteiger partial charge in [0.1, 0.15) is 15.7 Å². The molecule has 2 heterocycles. The molecule has 43 heavy (non-hydrogen) atoms. The van der Waals surface area contributed by atoms with E-state index in [0.717, 1.165) is 46.8 Å². The molecular weight excluding hydrogens is 588 g/mol. The second-order valence-corrected chi connectivity index (χ2v) is 13.8. The van der Waals surface area contributed by atoms with Crippen molar-refractivity contribution in [2.45, 2.75) is 81.4 Å². The summed E-state index contributed by atoms with van der Waals surface area (Å²) in [5.41, 5.74) is 1.40. The van der Waals surface area contributed by atoms with Crippen LogP contribution < -0.4 is 10.6 Å². The van der Waals surface area contributed by atoms with Crippen LogP contribution in [0.25, 0.3) is 0 Å². The predicted octanol–water partition coefficient (Wildman–Crippen LogP) is 6.29. The number of hydrogen-bond donors (Lipinski definition) is 3. The van der Waals surface area contributed by atoms with Gasteiger partial charge < -0.3 is 10.4 Å². The Kier molecular flexibility index (Phi) is 8.60. The number of benzene rings is 2. The first kappa shape index (κ1) is 29.5. The molecule has 4 aromatic rings. The lowest BCUT2D eigenvalue weighted by atomic mass is 9.70. The molecule has 2 aromatic heterocycles. The van der Waals surface area contributed by atoms with E-state index in [1.54, 1.807) is 31.2 Å². The second-order valence-electron chi connectivity index (χ2n) is 11.7. The van der Waals surface area contributed by atoms with E-state index < -0.39 is 17.7 Å². The first-order valence-electron chi connectivity index (χ1n) is 14.5. The molecule has 2 aromatic carbocycles. The molecule has 224 valence electrons. The monoisotopic (exact) mass is 620 g/mol. The van der Waals surface area contributed by atoms with Gasteiger partial charge in [-0.3, -0.25) is 14.9 Å². The molecule has 0 spiro atoms. The van der Waals surface area contributed by atoms with Gasteiger partial charge in [-0.25, -0.2) is 4.39 Å². The van der Waals surface area contributed by atoms with Gasteiger partial charge >= 0.3 is 0 Å². The molecule has 3 atom stereocenters. The summed E-state index contributed by atoms with van der Waals surface area (Å²) < 4.78 is 14.0. The van der Waals surface area contributed by atoms with E-state index in [4.69, 9.17) is 0 Å². The first-order valence-corrected chi connectivity index (χ1v) is 16.1. The van der Waals surface area contributed by atoms with E-state index in [1.165, 1.54) is 22.7 Å². The summed E-state index contributed by atoms with van der Waals surface area (Å²) >= 11 is 2.72. The average molecular weight is 621 g/mol. The van der Waals surface area contributed by atoms with Gasteiger partial charge in [0, 0.05) is 11.8 Å². The highest BCUT2D eigenvalue weighted by Crippen LogP contribution is 2.47. The zero-order valence-electron chi connectivity index (χ0n) is 23.7. The standard InChI is InChI=1S/C31H33FN6O3S2/c1-31(32)16-23(17-31)20-10-5-7-18(13-20)14-24(39)33-29-37-35-27(42-29)21-11-6-12-22(15-21)28-36-38-30(43-28)34-26(41)25(40)19-8-3-2-4-9-19/h2-5,7-10,13,21-23,25,40H,6,11-12,14-17H2,1H3,(H,33,37,39)(H,34,38,41)/t21-,22-,23?,25+,31?/m0/s1. The number of anilines is 2. The van der Waals surface area contributed by atoms with Crippen molar-refractivity contribution < 1.29 is 19.1 Å². The summed E-state index contributed by atoms with van der Waals surface area (Å²) in [7, 11) is 0. The molecule has 0 aliphatic heterocycles. The van der Waals surface area contributed by atoms with E-state index in [2.05, 4.69) is 31.0 Å². The van der Waals surface area contributed by atoms with Gasteiger partial charge in [-0.1, -0.05) is 83.7 Å². The van der Waals surface area contributed by atoms with E-state index >= 15 is 0 Å². The van der Waals surface area contributed by atoms with Crippen LogP contribution in [0, 0.1) is 0 Å². The number of halogens is 1. The van der Waals surface area contributed by atoms with E-state index in [9.17, 15) is 19.1 Å². The molecular formula is C31H33FN6O3S2. The minimum absolute atomic E-state index is 0.161. The third kappa shape index (κ3) is 7.14. The van der Waals surface area contributed by atoms with Crippen LogP contribution in [0.5, 0.6) is 0 Å². The summed E-state index contributed by atoms with van der Waals surface area (Å²) in [4.78, 5) is 25.3. The zero-order valence-corrected chi connectivity index (χ0v) is 25.3. The van der Waals surface area contributed by atoms with E-state index in [1.807, 2.05) is 30.3 Å². The molecule has 0 unspecified atom stereocenters. The summed E-state index contributed by atoms with van der Waals surface area (Å²) in [5, 5.41) is 35.6. The Bertz CT molecular complexity index is 1580. The summed E-state index contributed by atoms with van der Waals surface area (Å²) in [6.07, 6.45) is 3.71. The molecule has 2 saturated carbocycles. The highest BCUT2D eigenvalue weighted by Gasteiger charge is 2.41. The number of aromatic nitrogens is 4. The average Bonchev–Trinajstić information content (AvgIpc) is 3.66.